The molecule has 25 heavy (non-hydrogen) atoms. The van der Waals surface area contributed by atoms with Crippen molar-refractivity contribution < 1.29 is 28.4 Å². The Morgan fingerprint density at radius 1 is 0.600 bits per heavy atom. The summed E-state index contributed by atoms with van der Waals surface area (Å²) in [6.07, 6.45) is 7.37. The van der Waals surface area contributed by atoms with Crippen LogP contribution in [0.2, 0.25) is 0 Å². The molecule has 3 atom stereocenters. The molecule has 7 aliphatic rings. The molecule has 0 aromatic heterocycles. The first kappa shape index (κ1) is 15.8. The Kier molecular flexibility index (Phi) is 3.41. The monoisotopic (exact) mass is 352 g/mol. The van der Waals surface area contributed by atoms with Crippen LogP contribution in [0.25, 0.3) is 0 Å². The van der Waals surface area contributed by atoms with Crippen LogP contribution in [0.4, 0.5) is 0 Å². The Morgan fingerprint density at radius 3 is 1.20 bits per heavy atom. The zero-order valence-electron chi connectivity index (χ0n) is 14.7. The van der Waals surface area contributed by atoms with Crippen molar-refractivity contribution in [3.8, 4) is 0 Å². The van der Waals surface area contributed by atoms with Crippen molar-refractivity contribution in [1.82, 2.24) is 0 Å². The Bertz CT molecular complexity index is 456. The second-order valence-corrected chi connectivity index (χ2v) is 9.36. The van der Waals surface area contributed by atoms with Gasteiger partial charge in [-0.15, -0.1) is 0 Å². The minimum absolute atomic E-state index is 0.0970. The van der Waals surface area contributed by atoms with Crippen LogP contribution < -0.4 is 0 Å². The number of epoxide rings is 3. The van der Waals surface area contributed by atoms with E-state index >= 15 is 0 Å². The molecule has 0 amide bonds. The lowest BCUT2D eigenvalue weighted by Crippen LogP contribution is -2.68. The average Bonchev–Trinajstić information content (AvgIpc) is 3.46. The molecule has 3 unspecified atom stereocenters. The molecule has 4 aliphatic carbocycles. The number of ether oxygens (including phenoxy) is 6. The fourth-order valence-electron chi connectivity index (χ4n) is 5.96. The molecule has 3 heterocycles. The molecule has 0 aromatic carbocycles. The first-order valence-electron chi connectivity index (χ1n) is 9.91. The topological polar surface area (TPSA) is 65.3 Å². The van der Waals surface area contributed by atoms with Crippen LogP contribution in [0.3, 0.4) is 0 Å². The largest absolute Gasteiger partial charge is 0.372 e. The molecule has 7 fully saturated rings. The van der Waals surface area contributed by atoms with E-state index < -0.39 is 0 Å². The second-order valence-electron chi connectivity index (χ2n) is 9.36. The smallest absolute Gasteiger partial charge is 0.104 e. The molecule has 4 bridgehead atoms. The highest BCUT2D eigenvalue weighted by molar-refractivity contribution is 5.17. The van der Waals surface area contributed by atoms with Gasteiger partial charge in [0.25, 0.3) is 0 Å². The van der Waals surface area contributed by atoms with Gasteiger partial charge in [-0.1, -0.05) is 0 Å². The Labute approximate surface area is 148 Å². The Morgan fingerprint density at radius 2 is 0.920 bits per heavy atom. The van der Waals surface area contributed by atoms with Crippen molar-refractivity contribution >= 4 is 0 Å². The maximum atomic E-state index is 6.51. The minimum Gasteiger partial charge on any atom is -0.372 e. The van der Waals surface area contributed by atoms with E-state index in [1.165, 1.54) is 0 Å². The predicted molar refractivity (Wildman–Crippen MR) is 86.5 cm³/mol. The highest BCUT2D eigenvalue weighted by Gasteiger charge is 2.66. The lowest BCUT2D eigenvalue weighted by atomic mass is 9.50. The van der Waals surface area contributed by atoms with Gasteiger partial charge in [-0.05, 0) is 25.2 Å². The quantitative estimate of drug-likeness (QED) is 0.585. The van der Waals surface area contributed by atoms with Crippen molar-refractivity contribution in [1.29, 1.82) is 0 Å². The Hall–Kier alpha value is -0.240. The molecule has 4 saturated carbocycles. The van der Waals surface area contributed by atoms with Gasteiger partial charge in [0.05, 0.1) is 56.4 Å². The van der Waals surface area contributed by atoms with Gasteiger partial charge in [0, 0.05) is 19.3 Å². The highest BCUT2D eigenvalue weighted by atomic mass is 16.6. The van der Waals surface area contributed by atoms with E-state index in [0.29, 0.717) is 24.2 Å². The van der Waals surface area contributed by atoms with Crippen LogP contribution in [-0.2, 0) is 28.4 Å². The molecule has 3 aliphatic heterocycles. The van der Waals surface area contributed by atoms with Crippen LogP contribution in [0.5, 0.6) is 0 Å². The number of hydrogen-bond donors (Lipinski definition) is 0. The molecule has 6 heteroatoms. The maximum absolute atomic E-state index is 6.51. The molecule has 140 valence electrons. The first-order valence-corrected chi connectivity index (χ1v) is 9.91. The van der Waals surface area contributed by atoms with Gasteiger partial charge in [0.2, 0.25) is 0 Å². The summed E-state index contributed by atoms with van der Waals surface area (Å²) in [4.78, 5) is 0. The van der Waals surface area contributed by atoms with Crippen LogP contribution in [0.1, 0.15) is 38.5 Å². The molecule has 0 spiro atoms. The molecular formula is C19H28O6. The van der Waals surface area contributed by atoms with Crippen LogP contribution >= 0.6 is 0 Å². The summed E-state index contributed by atoms with van der Waals surface area (Å²) < 4.78 is 35.7. The number of hydrogen-bond acceptors (Lipinski definition) is 6. The zero-order valence-corrected chi connectivity index (χ0v) is 14.7. The summed E-state index contributed by atoms with van der Waals surface area (Å²) in [5.74, 6) is 0.636. The van der Waals surface area contributed by atoms with E-state index in [2.05, 4.69) is 0 Å². The van der Waals surface area contributed by atoms with Gasteiger partial charge in [0.15, 0.2) is 0 Å². The van der Waals surface area contributed by atoms with Gasteiger partial charge in [0.1, 0.15) is 18.3 Å². The van der Waals surface area contributed by atoms with Gasteiger partial charge < -0.3 is 28.4 Å². The lowest BCUT2D eigenvalue weighted by Gasteiger charge is -2.65. The summed E-state index contributed by atoms with van der Waals surface area (Å²) in [6.45, 7) is 4.70. The minimum atomic E-state index is -0.0970. The van der Waals surface area contributed by atoms with Crippen molar-refractivity contribution in [3.05, 3.63) is 0 Å². The highest BCUT2D eigenvalue weighted by Crippen LogP contribution is 2.63. The summed E-state index contributed by atoms with van der Waals surface area (Å²) >= 11 is 0. The van der Waals surface area contributed by atoms with Crippen LogP contribution in [0.15, 0.2) is 0 Å². The summed E-state index contributed by atoms with van der Waals surface area (Å²) in [5.41, 5.74) is -0.291. The average molecular weight is 352 g/mol. The van der Waals surface area contributed by atoms with Crippen LogP contribution in [-0.4, -0.2) is 74.8 Å². The van der Waals surface area contributed by atoms with Gasteiger partial charge in [-0.25, -0.2) is 0 Å². The zero-order chi connectivity index (χ0) is 16.5. The standard InChI is InChI=1S/C19H28O6/c1-13-2-18(24-8-15-5-21-15)10-17(1,23-7-14-4-20-14)11-19(3-13,12-18)25-9-16-6-22-16/h13-16H,1-12H2. The molecule has 3 saturated heterocycles. The first-order chi connectivity index (χ1) is 12.1. The summed E-state index contributed by atoms with van der Waals surface area (Å²) in [5, 5.41) is 0. The molecule has 6 nitrogen and oxygen atoms in total. The van der Waals surface area contributed by atoms with Crippen molar-refractivity contribution in [2.45, 2.75) is 73.6 Å². The van der Waals surface area contributed by atoms with E-state index in [-0.39, 0.29) is 16.8 Å². The fraction of sp³-hybridized carbons (Fsp3) is 1.00. The fourth-order valence-corrected chi connectivity index (χ4v) is 5.96. The normalized spacial score (nSPS) is 54.7. The van der Waals surface area contributed by atoms with E-state index in [0.717, 1.165) is 78.2 Å². The maximum Gasteiger partial charge on any atom is 0.104 e. The second kappa shape index (κ2) is 5.40. The van der Waals surface area contributed by atoms with Gasteiger partial charge >= 0.3 is 0 Å². The summed E-state index contributed by atoms with van der Waals surface area (Å²) in [6, 6.07) is 0. The lowest BCUT2D eigenvalue weighted by molar-refractivity contribution is -0.292. The Balaban J connectivity index is 1.24. The van der Waals surface area contributed by atoms with Gasteiger partial charge in [-0.3, -0.25) is 0 Å². The van der Waals surface area contributed by atoms with Crippen molar-refractivity contribution in [3.63, 3.8) is 0 Å². The molecular weight excluding hydrogens is 324 g/mol. The van der Waals surface area contributed by atoms with E-state index in [9.17, 15) is 0 Å². The molecule has 0 N–H and O–H groups in total. The van der Waals surface area contributed by atoms with Crippen molar-refractivity contribution in [2.75, 3.05) is 39.6 Å². The third kappa shape index (κ3) is 3.15. The third-order valence-electron chi connectivity index (χ3n) is 6.85. The third-order valence-corrected chi connectivity index (χ3v) is 6.85. The SMILES string of the molecule is C1OC1COC12CC3CC(OCC4CO4)(C1)CC(OCC1CO1)(C3)C2. The molecule has 0 aromatic rings. The van der Waals surface area contributed by atoms with E-state index in [1.807, 2.05) is 0 Å². The van der Waals surface area contributed by atoms with E-state index in [1.54, 1.807) is 0 Å². The number of rotatable bonds is 9. The predicted octanol–water partition coefficient (Wildman–Crippen LogP) is 1.45. The summed E-state index contributed by atoms with van der Waals surface area (Å²) in [7, 11) is 0. The van der Waals surface area contributed by atoms with E-state index in [4.69, 9.17) is 28.4 Å². The molecule has 7 rings (SSSR count). The van der Waals surface area contributed by atoms with Crippen LogP contribution in [0, 0.1) is 5.92 Å². The van der Waals surface area contributed by atoms with Crippen molar-refractivity contribution in [2.24, 2.45) is 5.92 Å². The van der Waals surface area contributed by atoms with Gasteiger partial charge in [-0.2, -0.15) is 0 Å². The molecule has 0 radical (unpaired) electrons.